The quantitative estimate of drug-likeness (QED) is 0.170. The first-order valence-electron chi connectivity index (χ1n) is 20.1. The van der Waals surface area contributed by atoms with E-state index in [2.05, 4.69) is 172 Å². The number of hydrogen-bond donors (Lipinski definition) is 0. The van der Waals surface area contributed by atoms with Crippen molar-refractivity contribution in [1.82, 2.24) is 19.9 Å². The van der Waals surface area contributed by atoms with Crippen LogP contribution in [0.4, 0.5) is 0 Å². The molecule has 0 bridgehead atoms. The van der Waals surface area contributed by atoms with Gasteiger partial charge in [0.05, 0.1) is 11.2 Å². The van der Waals surface area contributed by atoms with E-state index in [1.807, 2.05) is 36.4 Å². The van der Waals surface area contributed by atoms with Crippen molar-refractivity contribution < 1.29 is 0 Å². The molecule has 0 saturated carbocycles. The lowest BCUT2D eigenvalue weighted by molar-refractivity contribution is 0.661. The minimum atomic E-state index is -0.163. The zero-order chi connectivity index (χ0) is 39.5. The van der Waals surface area contributed by atoms with Crippen molar-refractivity contribution in [2.45, 2.75) is 19.3 Å². The summed E-state index contributed by atoms with van der Waals surface area (Å²) in [5.74, 6) is 1.89. The van der Waals surface area contributed by atoms with Gasteiger partial charge in [0.1, 0.15) is 0 Å². The molecule has 1 aliphatic carbocycles. The molecule has 8 aromatic carbocycles. The molecular weight excluding hydrogens is 717 g/mol. The van der Waals surface area contributed by atoms with Gasteiger partial charge in [-0.05, 0) is 91.7 Å². The molecule has 2 aromatic heterocycles. The SMILES string of the molecule is CC1(C)c2ccccc2-c2cc3c(-c4cc(-c5nc(-c6ccccc6)nc(-c6ccccc6)n5)cc5ccccc45)cc(-c4cccc(-c5ccccc5)c4)nc3cc21. The number of fused-ring (bicyclic) bond motifs is 5. The standard InChI is InChI=1S/C55H38N4/c1-55(2)48-28-15-14-27-43(48)46-32-47-45(33-50(56-51(47)34-49(46)55)40-25-16-24-38(29-40)35-17-6-3-7-18-35)44-31-41(30-39-23-12-13-26-42(39)44)54-58-52(36-19-8-4-9-20-36)57-53(59-54)37-21-10-5-11-22-37/h3-34H,1-2H3. The Morgan fingerprint density at radius 1 is 0.322 bits per heavy atom. The summed E-state index contributed by atoms with van der Waals surface area (Å²) in [6.45, 7) is 4.66. The van der Waals surface area contributed by atoms with Crippen LogP contribution in [0.1, 0.15) is 25.0 Å². The summed E-state index contributed by atoms with van der Waals surface area (Å²) in [5.41, 5.74) is 15.3. The van der Waals surface area contributed by atoms with Gasteiger partial charge in [-0.2, -0.15) is 0 Å². The van der Waals surface area contributed by atoms with Gasteiger partial charge in [0.2, 0.25) is 0 Å². The summed E-state index contributed by atoms with van der Waals surface area (Å²) < 4.78 is 0. The van der Waals surface area contributed by atoms with Crippen LogP contribution >= 0.6 is 0 Å². The highest BCUT2D eigenvalue weighted by Crippen LogP contribution is 2.51. The maximum atomic E-state index is 5.49. The van der Waals surface area contributed by atoms with Crippen molar-refractivity contribution >= 4 is 21.7 Å². The van der Waals surface area contributed by atoms with Crippen LogP contribution in [0.3, 0.4) is 0 Å². The molecule has 0 N–H and O–H groups in total. The Kier molecular flexibility index (Phi) is 8.12. The Balaban J connectivity index is 1.19. The Labute approximate surface area is 343 Å². The van der Waals surface area contributed by atoms with Gasteiger partial charge in [-0.3, -0.25) is 0 Å². The summed E-state index contributed by atoms with van der Waals surface area (Å²) in [6, 6.07) is 68.6. The van der Waals surface area contributed by atoms with Gasteiger partial charge in [0.25, 0.3) is 0 Å². The molecule has 1 aliphatic rings. The number of nitrogens with zero attached hydrogens (tertiary/aromatic N) is 4. The third-order valence-electron chi connectivity index (χ3n) is 11.9. The van der Waals surface area contributed by atoms with Crippen molar-refractivity contribution in [3.8, 4) is 78.8 Å². The van der Waals surface area contributed by atoms with Crippen molar-refractivity contribution in [2.75, 3.05) is 0 Å². The van der Waals surface area contributed by atoms with Gasteiger partial charge in [0.15, 0.2) is 17.5 Å². The molecule has 4 heteroatoms. The molecule has 278 valence electrons. The fourth-order valence-corrected chi connectivity index (χ4v) is 8.88. The maximum absolute atomic E-state index is 5.49. The maximum Gasteiger partial charge on any atom is 0.164 e. The molecule has 11 rings (SSSR count). The number of aromatic nitrogens is 4. The number of benzene rings is 8. The van der Waals surface area contributed by atoms with Gasteiger partial charge in [-0.1, -0.05) is 172 Å². The molecule has 4 nitrogen and oxygen atoms in total. The first-order valence-corrected chi connectivity index (χ1v) is 20.1. The molecule has 0 amide bonds. The van der Waals surface area contributed by atoms with Gasteiger partial charge < -0.3 is 0 Å². The predicted molar refractivity (Wildman–Crippen MR) is 243 cm³/mol. The molecular formula is C55H38N4. The van der Waals surface area contributed by atoms with Crippen molar-refractivity contribution in [3.05, 3.63) is 205 Å². The first kappa shape index (κ1) is 34.7. The van der Waals surface area contributed by atoms with Crippen LogP contribution in [0.5, 0.6) is 0 Å². The van der Waals surface area contributed by atoms with E-state index in [0.29, 0.717) is 17.5 Å². The van der Waals surface area contributed by atoms with Gasteiger partial charge in [0, 0.05) is 33.1 Å². The van der Waals surface area contributed by atoms with E-state index >= 15 is 0 Å². The minimum Gasteiger partial charge on any atom is -0.248 e. The van der Waals surface area contributed by atoms with Crippen LogP contribution in [0, 0.1) is 0 Å². The number of hydrogen-bond acceptors (Lipinski definition) is 4. The number of pyridine rings is 1. The summed E-state index contributed by atoms with van der Waals surface area (Å²) in [6.07, 6.45) is 0. The molecule has 0 aliphatic heterocycles. The monoisotopic (exact) mass is 754 g/mol. The topological polar surface area (TPSA) is 51.6 Å². The van der Waals surface area contributed by atoms with Crippen molar-refractivity contribution in [3.63, 3.8) is 0 Å². The largest absolute Gasteiger partial charge is 0.248 e. The predicted octanol–water partition coefficient (Wildman–Crippen LogP) is 13.9. The highest BCUT2D eigenvalue weighted by Gasteiger charge is 2.36. The van der Waals surface area contributed by atoms with E-state index in [1.165, 1.54) is 27.8 Å². The summed E-state index contributed by atoms with van der Waals surface area (Å²) in [7, 11) is 0. The molecule has 10 aromatic rings. The Hall–Kier alpha value is -7.56. The second kappa shape index (κ2) is 13.8. The van der Waals surface area contributed by atoms with Crippen LogP contribution < -0.4 is 0 Å². The smallest absolute Gasteiger partial charge is 0.164 e. The van der Waals surface area contributed by atoms with E-state index in [0.717, 1.165) is 66.3 Å². The average molecular weight is 755 g/mol. The van der Waals surface area contributed by atoms with Gasteiger partial charge in [-0.15, -0.1) is 0 Å². The van der Waals surface area contributed by atoms with Crippen LogP contribution in [0.2, 0.25) is 0 Å². The molecule has 0 saturated heterocycles. The van der Waals surface area contributed by atoms with Crippen LogP contribution in [0.25, 0.3) is 100 Å². The summed E-state index contributed by atoms with van der Waals surface area (Å²) in [4.78, 5) is 20.8. The van der Waals surface area contributed by atoms with Crippen LogP contribution in [0.15, 0.2) is 194 Å². The Morgan fingerprint density at radius 3 is 1.59 bits per heavy atom. The third kappa shape index (κ3) is 6.00. The van der Waals surface area contributed by atoms with E-state index in [4.69, 9.17) is 19.9 Å². The zero-order valence-electron chi connectivity index (χ0n) is 32.8. The molecule has 59 heavy (non-hydrogen) atoms. The van der Waals surface area contributed by atoms with Gasteiger partial charge in [-0.25, -0.2) is 19.9 Å². The molecule has 0 atom stereocenters. The third-order valence-corrected chi connectivity index (χ3v) is 11.9. The summed E-state index contributed by atoms with van der Waals surface area (Å²) >= 11 is 0. The Morgan fingerprint density at radius 2 is 0.881 bits per heavy atom. The van der Waals surface area contributed by atoms with Crippen LogP contribution in [-0.2, 0) is 5.41 Å². The van der Waals surface area contributed by atoms with Gasteiger partial charge >= 0.3 is 0 Å². The molecule has 2 heterocycles. The second-order valence-electron chi connectivity index (χ2n) is 15.9. The van der Waals surface area contributed by atoms with E-state index in [9.17, 15) is 0 Å². The van der Waals surface area contributed by atoms with E-state index < -0.39 is 0 Å². The normalized spacial score (nSPS) is 12.7. The molecule has 0 fully saturated rings. The lowest BCUT2D eigenvalue weighted by Crippen LogP contribution is -2.14. The minimum absolute atomic E-state index is 0.163. The van der Waals surface area contributed by atoms with Crippen molar-refractivity contribution in [1.29, 1.82) is 0 Å². The zero-order valence-corrected chi connectivity index (χ0v) is 32.8. The van der Waals surface area contributed by atoms with Crippen molar-refractivity contribution in [2.24, 2.45) is 0 Å². The fourth-order valence-electron chi connectivity index (χ4n) is 8.88. The lowest BCUT2D eigenvalue weighted by atomic mass is 9.82. The first-order chi connectivity index (χ1) is 29.0. The number of rotatable bonds is 6. The molecule has 0 spiro atoms. The molecule has 0 radical (unpaired) electrons. The average Bonchev–Trinajstić information content (AvgIpc) is 3.53. The highest BCUT2D eigenvalue weighted by molar-refractivity contribution is 6.09. The molecule has 0 unspecified atom stereocenters. The Bertz CT molecular complexity index is 3170. The fraction of sp³-hybridized carbons (Fsp3) is 0.0545. The van der Waals surface area contributed by atoms with E-state index in [-0.39, 0.29) is 5.41 Å². The second-order valence-corrected chi connectivity index (χ2v) is 15.9. The lowest BCUT2D eigenvalue weighted by Gasteiger charge is -2.22. The van der Waals surface area contributed by atoms with Crippen LogP contribution in [-0.4, -0.2) is 19.9 Å². The summed E-state index contributed by atoms with van der Waals surface area (Å²) in [5, 5.41) is 3.36. The van der Waals surface area contributed by atoms with E-state index in [1.54, 1.807) is 0 Å². The highest BCUT2D eigenvalue weighted by atomic mass is 15.0.